The molecule has 1 N–H and O–H groups in total. The van der Waals surface area contributed by atoms with Crippen LogP contribution in [0.5, 0.6) is 0 Å². The molecule has 14 heavy (non-hydrogen) atoms. The average Bonchev–Trinajstić information content (AvgIpc) is 2.86. The van der Waals surface area contributed by atoms with Crippen molar-refractivity contribution >= 4 is 12.3 Å². The third-order valence-electron chi connectivity index (χ3n) is 1.82. The molecule has 0 saturated heterocycles. The Morgan fingerprint density at radius 3 is 2.36 bits per heavy atom. The minimum absolute atomic E-state index is 0.147. The second-order valence-electron chi connectivity index (χ2n) is 3.61. The quantitative estimate of drug-likeness (QED) is 0.674. The van der Waals surface area contributed by atoms with Gasteiger partial charge in [0.05, 0.1) is 6.54 Å². The molecule has 0 aliphatic heterocycles. The van der Waals surface area contributed by atoms with E-state index < -0.39 is 5.97 Å². The zero-order valence-electron chi connectivity index (χ0n) is 8.90. The third-order valence-corrected chi connectivity index (χ3v) is 1.82. The number of likely N-dealkylation sites (N-methyl/N-ethyl adjacent to an activating group) is 1. The lowest BCUT2D eigenvalue weighted by atomic mass is 10.4. The molecule has 1 fully saturated rings. The van der Waals surface area contributed by atoms with Gasteiger partial charge in [0.15, 0.2) is 0 Å². The first-order chi connectivity index (χ1) is 6.60. The fourth-order valence-corrected chi connectivity index (χ4v) is 0.924. The van der Waals surface area contributed by atoms with Gasteiger partial charge in [-0.2, -0.15) is 0 Å². The molecule has 0 spiro atoms. The number of nitrogens with zero attached hydrogens (tertiary/aromatic N) is 1. The summed E-state index contributed by atoms with van der Waals surface area (Å²) in [7, 11) is 1.80. The van der Waals surface area contributed by atoms with Crippen LogP contribution < -0.4 is 0 Å². The summed E-state index contributed by atoms with van der Waals surface area (Å²) in [5.41, 5.74) is 0. The summed E-state index contributed by atoms with van der Waals surface area (Å²) in [4.78, 5) is 21.4. The van der Waals surface area contributed by atoms with E-state index in [1.807, 2.05) is 6.92 Å². The van der Waals surface area contributed by atoms with Crippen LogP contribution in [-0.2, 0) is 9.59 Å². The van der Waals surface area contributed by atoms with Crippen molar-refractivity contribution in [2.75, 3.05) is 20.1 Å². The van der Waals surface area contributed by atoms with E-state index in [4.69, 9.17) is 5.11 Å². The monoisotopic (exact) mass is 201 g/mol. The molecule has 0 heterocycles. The summed E-state index contributed by atoms with van der Waals surface area (Å²) in [6, 6.07) is 0. The van der Waals surface area contributed by atoms with Gasteiger partial charge in [-0.25, -0.2) is 0 Å². The number of aldehydes is 1. The van der Waals surface area contributed by atoms with Crippen molar-refractivity contribution in [1.29, 1.82) is 0 Å². The lowest BCUT2D eigenvalue weighted by molar-refractivity contribution is -0.138. The third kappa shape index (κ3) is 9.19. The summed E-state index contributed by atoms with van der Waals surface area (Å²) in [6.07, 6.45) is 4.32. The molecule has 0 amide bonds. The smallest absolute Gasteiger partial charge is 0.317 e. The van der Waals surface area contributed by atoms with Crippen LogP contribution in [0, 0.1) is 5.92 Å². The van der Waals surface area contributed by atoms with Crippen molar-refractivity contribution in [1.82, 2.24) is 4.90 Å². The molecule has 1 aliphatic carbocycles. The van der Waals surface area contributed by atoms with Gasteiger partial charge in [-0.15, -0.1) is 0 Å². The summed E-state index contributed by atoms with van der Waals surface area (Å²) in [6.45, 7) is 3.03. The molecular formula is C10H19NO3. The predicted octanol–water partition coefficient (Wildman–Crippen LogP) is 1.01. The van der Waals surface area contributed by atoms with E-state index in [9.17, 15) is 9.59 Å². The molecule has 1 saturated carbocycles. The Balaban J connectivity index is 0.000000280. The lowest BCUT2D eigenvalue weighted by Crippen LogP contribution is -2.26. The number of aliphatic carboxylic acids is 1. The molecule has 0 aromatic heterocycles. The lowest BCUT2D eigenvalue weighted by Gasteiger charge is -2.10. The van der Waals surface area contributed by atoms with E-state index in [2.05, 4.69) is 0 Å². The maximum absolute atomic E-state index is 10.0. The maximum Gasteiger partial charge on any atom is 0.317 e. The molecule has 0 bridgehead atoms. The number of carbonyl (C=O) groups is 2. The van der Waals surface area contributed by atoms with Gasteiger partial charge < -0.3 is 9.90 Å². The number of carbonyl (C=O) groups excluding carboxylic acids is 1. The standard InChI is InChI=1S/C6H13NO2.C4H6O/c1-3-4-7(2)5-6(8)9;5-3-4-1-2-4/h3-5H2,1-2H3,(H,8,9);3-4H,1-2H2. The van der Waals surface area contributed by atoms with Crippen LogP contribution in [0.1, 0.15) is 26.2 Å². The van der Waals surface area contributed by atoms with Crippen LogP contribution >= 0.6 is 0 Å². The minimum Gasteiger partial charge on any atom is -0.480 e. The van der Waals surface area contributed by atoms with Gasteiger partial charge in [-0.05, 0) is 32.9 Å². The molecule has 0 aromatic carbocycles. The Bertz CT molecular complexity index is 178. The first kappa shape index (κ1) is 13.1. The fraction of sp³-hybridized carbons (Fsp3) is 0.800. The van der Waals surface area contributed by atoms with Gasteiger partial charge in [-0.1, -0.05) is 6.92 Å². The van der Waals surface area contributed by atoms with E-state index in [-0.39, 0.29) is 6.54 Å². The molecular weight excluding hydrogens is 182 g/mol. The molecule has 82 valence electrons. The summed E-state index contributed by atoms with van der Waals surface area (Å²) in [5, 5.41) is 8.27. The van der Waals surface area contributed by atoms with Crippen molar-refractivity contribution in [3.63, 3.8) is 0 Å². The van der Waals surface area contributed by atoms with Crippen molar-refractivity contribution in [3.05, 3.63) is 0 Å². The molecule has 4 nitrogen and oxygen atoms in total. The number of rotatable bonds is 5. The average molecular weight is 201 g/mol. The Labute approximate surface area is 84.9 Å². The number of hydrogen-bond donors (Lipinski definition) is 1. The first-order valence-electron chi connectivity index (χ1n) is 4.95. The highest BCUT2D eigenvalue weighted by molar-refractivity contribution is 5.68. The zero-order chi connectivity index (χ0) is 11.0. The van der Waals surface area contributed by atoms with Crippen molar-refractivity contribution in [2.24, 2.45) is 5.92 Å². The van der Waals surface area contributed by atoms with Gasteiger partial charge in [0.1, 0.15) is 6.29 Å². The van der Waals surface area contributed by atoms with Crippen molar-refractivity contribution in [3.8, 4) is 0 Å². The van der Waals surface area contributed by atoms with E-state index >= 15 is 0 Å². The zero-order valence-corrected chi connectivity index (χ0v) is 8.90. The number of carboxylic acid groups (broad SMARTS) is 1. The van der Waals surface area contributed by atoms with Crippen LogP contribution in [0.25, 0.3) is 0 Å². The van der Waals surface area contributed by atoms with Crippen LogP contribution in [0.15, 0.2) is 0 Å². The fourth-order valence-electron chi connectivity index (χ4n) is 0.924. The topological polar surface area (TPSA) is 57.6 Å². The second kappa shape index (κ2) is 7.50. The van der Waals surface area contributed by atoms with Gasteiger partial charge in [0.2, 0.25) is 0 Å². The highest BCUT2D eigenvalue weighted by atomic mass is 16.4. The molecule has 0 aromatic rings. The van der Waals surface area contributed by atoms with E-state index in [0.717, 1.165) is 32.1 Å². The SMILES string of the molecule is CCCN(C)CC(=O)O.O=CC1CC1. The van der Waals surface area contributed by atoms with Gasteiger partial charge >= 0.3 is 5.97 Å². The van der Waals surface area contributed by atoms with Crippen LogP contribution in [0.3, 0.4) is 0 Å². The molecule has 0 radical (unpaired) electrons. The van der Waals surface area contributed by atoms with Crippen LogP contribution in [0.4, 0.5) is 0 Å². The highest BCUT2D eigenvalue weighted by Gasteiger charge is 2.18. The predicted molar refractivity (Wildman–Crippen MR) is 54.2 cm³/mol. The first-order valence-corrected chi connectivity index (χ1v) is 4.95. The maximum atomic E-state index is 10.0. The van der Waals surface area contributed by atoms with Gasteiger partial charge in [0.25, 0.3) is 0 Å². The summed E-state index contributed by atoms with van der Waals surface area (Å²) in [5.74, 6) is -0.305. The highest BCUT2D eigenvalue weighted by Crippen LogP contribution is 2.25. The molecule has 1 rings (SSSR count). The van der Waals surface area contributed by atoms with Crippen LogP contribution in [-0.4, -0.2) is 42.4 Å². The Hall–Kier alpha value is -0.900. The Morgan fingerprint density at radius 2 is 2.14 bits per heavy atom. The number of hydrogen-bond acceptors (Lipinski definition) is 3. The largest absolute Gasteiger partial charge is 0.480 e. The van der Waals surface area contributed by atoms with Gasteiger partial charge in [0, 0.05) is 5.92 Å². The van der Waals surface area contributed by atoms with E-state index in [0.29, 0.717) is 5.92 Å². The summed E-state index contributed by atoms with van der Waals surface area (Å²) < 4.78 is 0. The molecule has 0 atom stereocenters. The van der Waals surface area contributed by atoms with Crippen molar-refractivity contribution in [2.45, 2.75) is 26.2 Å². The van der Waals surface area contributed by atoms with E-state index in [1.165, 1.54) is 0 Å². The number of carboxylic acids is 1. The van der Waals surface area contributed by atoms with E-state index in [1.54, 1.807) is 11.9 Å². The summed E-state index contributed by atoms with van der Waals surface area (Å²) >= 11 is 0. The van der Waals surface area contributed by atoms with Crippen molar-refractivity contribution < 1.29 is 14.7 Å². The Kier molecular flexibility index (Phi) is 7.02. The molecule has 0 unspecified atom stereocenters. The normalized spacial score (nSPS) is 14.5. The van der Waals surface area contributed by atoms with Gasteiger partial charge in [-0.3, -0.25) is 9.69 Å². The molecule has 1 aliphatic rings. The second-order valence-corrected chi connectivity index (χ2v) is 3.61. The van der Waals surface area contributed by atoms with Crippen LogP contribution in [0.2, 0.25) is 0 Å². The Morgan fingerprint density at radius 1 is 1.57 bits per heavy atom. The minimum atomic E-state index is -0.758. The molecule has 4 heteroatoms.